The minimum absolute atomic E-state index is 0.0700. The summed E-state index contributed by atoms with van der Waals surface area (Å²) in [6.07, 6.45) is 1.45. The molecule has 8 nitrogen and oxygen atoms in total. The Morgan fingerprint density at radius 2 is 1.84 bits per heavy atom. The number of hydrogen-bond donors (Lipinski definition) is 0. The number of nitrogens with zero attached hydrogens (tertiary/aromatic N) is 2. The Labute approximate surface area is 186 Å². The van der Waals surface area contributed by atoms with Crippen molar-refractivity contribution in [3.63, 3.8) is 0 Å². The van der Waals surface area contributed by atoms with Crippen molar-refractivity contribution in [3.8, 4) is 11.5 Å². The van der Waals surface area contributed by atoms with E-state index in [9.17, 15) is 14.4 Å². The van der Waals surface area contributed by atoms with Crippen LogP contribution in [0.1, 0.15) is 29.6 Å². The molecule has 0 aliphatic carbocycles. The minimum Gasteiger partial charge on any atom is -0.493 e. The van der Waals surface area contributed by atoms with Gasteiger partial charge in [-0.05, 0) is 43.2 Å². The van der Waals surface area contributed by atoms with E-state index in [1.165, 1.54) is 19.1 Å². The molecular formula is C24H26N2O6. The largest absolute Gasteiger partial charge is 0.493 e. The molecule has 4 rings (SSSR count). The van der Waals surface area contributed by atoms with E-state index in [-0.39, 0.29) is 30.9 Å². The van der Waals surface area contributed by atoms with Crippen LogP contribution < -0.4 is 14.4 Å². The quantitative estimate of drug-likeness (QED) is 0.618. The van der Waals surface area contributed by atoms with Crippen molar-refractivity contribution < 1.29 is 28.6 Å². The van der Waals surface area contributed by atoms with Crippen LogP contribution in [0.25, 0.3) is 0 Å². The van der Waals surface area contributed by atoms with E-state index >= 15 is 0 Å². The fourth-order valence-corrected chi connectivity index (χ4v) is 4.20. The molecular weight excluding hydrogens is 412 g/mol. The van der Waals surface area contributed by atoms with Crippen LogP contribution in [0.2, 0.25) is 0 Å². The highest BCUT2D eigenvalue weighted by molar-refractivity contribution is 6.23. The first-order chi connectivity index (χ1) is 15.5. The predicted molar refractivity (Wildman–Crippen MR) is 117 cm³/mol. The first-order valence-electron chi connectivity index (χ1n) is 10.6. The Bertz CT molecular complexity index is 1000. The van der Waals surface area contributed by atoms with Gasteiger partial charge in [0.15, 0.2) is 11.5 Å². The summed E-state index contributed by atoms with van der Waals surface area (Å²) in [6.45, 7) is 0.857. The molecule has 2 saturated heterocycles. The van der Waals surface area contributed by atoms with Gasteiger partial charge in [0.25, 0.3) is 11.8 Å². The molecule has 0 aromatic heterocycles. The number of amides is 3. The lowest BCUT2D eigenvalue weighted by Gasteiger charge is -2.30. The van der Waals surface area contributed by atoms with Crippen LogP contribution in [-0.2, 0) is 14.3 Å². The molecule has 2 atom stereocenters. The van der Waals surface area contributed by atoms with Crippen LogP contribution in [0.15, 0.2) is 48.5 Å². The molecule has 2 heterocycles. The molecule has 0 N–H and O–H groups in total. The summed E-state index contributed by atoms with van der Waals surface area (Å²) in [4.78, 5) is 42.3. The molecule has 0 radical (unpaired) electrons. The van der Waals surface area contributed by atoms with Crippen LogP contribution in [0, 0.1) is 0 Å². The molecule has 2 aromatic carbocycles. The van der Waals surface area contributed by atoms with E-state index in [4.69, 9.17) is 14.2 Å². The van der Waals surface area contributed by atoms with Crippen LogP contribution in [0.3, 0.4) is 0 Å². The molecule has 2 aliphatic rings. The lowest BCUT2D eigenvalue weighted by Crippen LogP contribution is -2.48. The third-order valence-electron chi connectivity index (χ3n) is 5.83. The maximum Gasteiger partial charge on any atom is 0.257 e. The van der Waals surface area contributed by atoms with Gasteiger partial charge >= 0.3 is 0 Å². The van der Waals surface area contributed by atoms with Gasteiger partial charge in [-0.3, -0.25) is 14.4 Å². The number of methoxy groups -OCH3 is 2. The zero-order chi connectivity index (χ0) is 22.7. The van der Waals surface area contributed by atoms with Gasteiger partial charge in [-0.15, -0.1) is 0 Å². The fraction of sp³-hybridized carbons (Fsp3) is 0.375. The van der Waals surface area contributed by atoms with Gasteiger partial charge in [0, 0.05) is 18.7 Å². The van der Waals surface area contributed by atoms with Crippen molar-refractivity contribution in [1.29, 1.82) is 0 Å². The van der Waals surface area contributed by atoms with Crippen molar-refractivity contribution in [2.24, 2.45) is 0 Å². The lowest BCUT2D eigenvalue weighted by atomic mass is 10.1. The second-order valence-corrected chi connectivity index (χ2v) is 7.79. The number of anilines is 1. The summed E-state index contributed by atoms with van der Waals surface area (Å²) < 4.78 is 16.3. The average molecular weight is 438 g/mol. The van der Waals surface area contributed by atoms with Gasteiger partial charge in [0.05, 0.1) is 32.4 Å². The first-order valence-corrected chi connectivity index (χ1v) is 10.6. The maximum atomic E-state index is 13.6. The Kier molecular flexibility index (Phi) is 6.41. The molecule has 0 saturated carbocycles. The van der Waals surface area contributed by atoms with Gasteiger partial charge in [0.2, 0.25) is 5.91 Å². The molecule has 2 unspecified atom stereocenters. The Hall–Kier alpha value is -3.39. The van der Waals surface area contributed by atoms with Crippen LogP contribution >= 0.6 is 0 Å². The number of carbonyl (C=O) groups is 3. The van der Waals surface area contributed by atoms with Crippen LogP contribution in [0.5, 0.6) is 11.5 Å². The number of benzene rings is 2. The molecule has 32 heavy (non-hydrogen) atoms. The van der Waals surface area contributed by atoms with Gasteiger partial charge in [0.1, 0.15) is 6.04 Å². The topological polar surface area (TPSA) is 85.4 Å². The molecule has 0 spiro atoms. The molecule has 8 heteroatoms. The maximum absolute atomic E-state index is 13.6. The first kappa shape index (κ1) is 21.8. The predicted octanol–water partition coefficient (Wildman–Crippen LogP) is 2.66. The average Bonchev–Trinajstić information content (AvgIpc) is 3.44. The second kappa shape index (κ2) is 9.40. The summed E-state index contributed by atoms with van der Waals surface area (Å²) in [5.74, 6) is -0.188. The van der Waals surface area contributed by atoms with Crippen molar-refractivity contribution in [1.82, 2.24) is 4.90 Å². The van der Waals surface area contributed by atoms with Crippen molar-refractivity contribution in [2.45, 2.75) is 31.4 Å². The van der Waals surface area contributed by atoms with Crippen molar-refractivity contribution in [3.05, 3.63) is 54.1 Å². The van der Waals surface area contributed by atoms with E-state index in [1.54, 1.807) is 42.5 Å². The van der Waals surface area contributed by atoms with Gasteiger partial charge in [-0.25, -0.2) is 4.90 Å². The highest BCUT2D eigenvalue weighted by atomic mass is 16.5. The fourth-order valence-electron chi connectivity index (χ4n) is 4.20. The van der Waals surface area contributed by atoms with E-state index in [2.05, 4.69) is 0 Å². The second-order valence-electron chi connectivity index (χ2n) is 7.79. The number of carbonyl (C=O) groups excluding carboxylic acids is 3. The monoisotopic (exact) mass is 438 g/mol. The SMILES string of the molecule is COc1ccc(C(=O)N(CC2CCCO2)C2CC(=O)N(c3ccccc3)C2=O)cc1OC. The summed E-state index contributed by atoms with van der Waals surface area (Å²) >= 11 is 0. The summed E-state index contributed by atoms with van der Waals surface area (Å²) in [6, 6.07) is 12.7. The van der Waals surface area contributed by atoms with E-state index in [0.717, 1.165) is 17.7 Å². The van der Waals surface area contributed by atoms with Crippen molar-refractivity contribution in [2.75, 3.05) is 32.3 Å². The Morgan fingerprint density at radius 1 is 1.09 bits per heavy atom. The molecule has 0 bridgehead atoms. The Balaban J connectivity index is 1.66. The zero-order valence-electron chi connectivity index (χ0n) is 18.2. The summed E-state index contributed by atoms with van der Waals surface area (Å²) in [5, 5.41) is 0. The summed E-state index contributed by atoms with van der Waals surface area (Å²) in [7, 11) is 3.01. The smallest absolute Gasteiger partial charge is 0.257 e. The van der Waals surface area contributed by atoms with Crippen LogP contribution in [-0.4, -0.2) is 62.1 Å². The van der Waals surface area contributed by atoms with Crippen molar-refractivity contribution >= 4 is 23.4 Å². The molecule has 2 aliphatic heterocycles. The molecule has 3 amide bonds. The highest BCUT2D eigenvalue weighted by Crippen LogP contribution is 2.31. The summed E-state index contributed by atoms with van der Waals surface area (Å²) in [5.41, 5.74) is 0.847. The van der Waals surface area contributed by atoms with Gasteiger partial charge < -0.3 is 19.1 Å². The standard InChI is InChI=1S/C24H26N2O6/c1-30-20-11-10-16(13-21(20)31-2)23(28)25(15-18-9-6-12-32-18)19-14-22(27)26(24(19)29)17-7-4-3-5-8-17/h3-5,7-8,10-11,13,18-19H,6,9,12,14-15H2,1-2H3. The minimum atomic E-state index is -0.896. The zero-order valence-corrected chi connectivity index (χ0v) is 18.2. The Morgan fingerprint density at radius 3 is 2.50 bits per heavy atom. The van der Waals surface area contributed by atoms with Gasteiger partial charge in [-0.1, -0.05) is 18.2 Å². The lowest BCUT2D eigenvalue weighted by molar-refractivity contribution is -0.122. The molecule has 168 valence electrons. The van der Waals surface area contributed by atoms with Crippen LogP contribution in [0.4, 0.5) is 5.69 Å². The number of ether oxygens (including phenoxy) is 3. The third kappa shape index (κ3) is 4.18. The third-order valence-corrected chi connectivity index (χ3v) is 5.83. The van der Waals surface area contributed by atoms with E-state index in [1.807, 2.05) is 6.07 Å². The molecule has 2 fully saturated rings. The number of hydrogen-bond acceptors (Lipinski definition) is 6. The number of imide groups is 1. The number of para-hydroxylation sites is 1. The molecule has 2 aromatic rings. The number of rotatable bonds is 7. The van der Waals surface area contributed by atoms with E-state index < -0.39 is 11.9 Å². The van der Waals surface area contributed by atoms with E-state index in [0.29, 0.717) is 29.4 Å². The normalized spacial score (nSPS) is 20.5. The highest BCUT2D eigenvalue weighted by Gasteiger charge is 2.45. The van der Waals surface area contributed by atoms with Gasteiger partial charge in [-0.2, -0.15) is 0 Å².